The molecule has 2 heterocycles. The van der Waals surface area contributed by atoms with Gasteiger partial charge in [-0.2, -0.15) is 5.26 Å². The molecule has 4 rings (SSSR count). The van der Waals surface area contributed by atoms with Gasteiger partial charge >= 0.3 is 0 Å². The Morgan fingerprint density at radius 1 is 1.28 bits per heavy atom. The average Bonchev–Trinajstić information content (AvgIpc) is 3.36. The predicted molar refractivity (Wildman–Crippen MR) is 126 cm³/mol. The molecule has 0 radical (unpaired) electrons. The van der Waals surface area contributed by atoms with Gasteiger partial charge < -0.3 is 14.6 Å². The summed E-state index contributed by atoms with van der Waals surface area (Å²) in [6.07, 6.45) is 4.16. The highest BCUT2D eigenvalue weighted by atomic mass is 32.2. The first-order valence-electron chi connectivity index (χ1n) is 10.7. The van der Waals surface area contributed by atoms with Gasteiger partial charge in [0, 0.05) is 11.4 Å². The molecule has 0 saturated heterocycles. The molecule has 1 aromatic carbocycles. The molecule has 0 atom stereocenters. The normalized spacial score (nSPS) is 12.8. The van der Waals surface area contributed by atoms with E-state index in [1.807, 2.05) is 42.7 Å². The number of hydrogen-bond donors (Lipinski definition) is 1. The van der Waals surface area contributed by atoms with Crippen LogP contribution in [0, 0.1) is 18.3 Å². The Hall–Kier alpha value is -2.83. The third-order valence-corrected chi connectivity index (χ3v) is 7.54. The molecule has 0 aliphatic heterocycles. The number of ether oxygens (including phenoxy) is 1. The van der Waals surface area contributed by atoms with Crippen LogP contribution in [0.5, 0.6) is 5.75 Å². The van der Waals surface area contributed by atoms with Crippen molar-refractivity contribution in [2.75, 3.05) is 11.1 Å². The van der Waals surface area contributed by atoms with Crippen LogP contribution < -0.4 is 10.1 Å². The molecule has 32 heavy (non-hydrogen) atoms. The number of carbonyl (C=O) groups excluding carboxylic acids is 1. The number of benzene rings is 1. The van der Waals surface area contributed by atoms with Crippen LogP contribution in [0.25, 0.3) is 0 Å². The fourth-order valence-corrected chi connectivity index (χ4v) is 5.77. The quantitative estimate of drug-likeness (QED) is 0.482. The van der Waals surface area contributed by atoms with Crippen LogP contribution in [0.3, 0.4) is 0 Å². The number of aryl methyl sites for hydroxylation is 2. The first-order valence-corrected chi connectivity index (χ1v) is 12.5. The monoisotopic (exact) mass is 467 g/mol. The van der Waals surface area contributed by atoms with E-state index >= 15 is 0 Å². The molecule has 1 amide bonds. The van der Waals surface area contributed by atoms with E-state index in [9.17, 15) is 10.1 Å². The van der Waals surface area contributed by atoms with Crippen LogP contribution in [0.15, 0.2) is 29.4 Å². The van der Waals surface area contributed by atoms with Gasteiger partial charge in [0.05, 0.1) is 11.3 Å². The van der Waals surface area contributed by atoms with Gasteiger partial charge in [0.1, 0.15) is 23.4 Å². The molecule has 2 aromatic heterocycles. The molecule has 0 bridgehead atoms. The summed E-state index contributed by atoms with van der Waals surface area (Å²) < 4.78 is 7.79. The lowest BCUT2D eigenvalue weighted by atomic mass is 9.96. The molecule has 3 aromatic rings. The molecule has 0 saturated carbocycles. The van der Waals surface area contributed by atoms with Crippen LogP contribution in [0.2, 0.25) is 0 Å². The second-order valence-corrected chi connectivity index (χ2v) is 9.66. The van der Waals surface area contributed by atoms with Crippen LogP contribution in [-0.4, -0.2) is 26.4 Å². The number of aromatic nitrogens is 3. The maximum Gasteiger partial charge on any atom is 0.235 e. The van der Waals surface area contributed by atoms with Crippen molar-refractivity contribution in [1.29, 1.82) is 5.26 Å². The van der Waals surface area contributed by atoms with Crippen molar-refractivity contribution >= 4 is 34.0 Å². The van der Waals surface area contributed by atoms with E-state index in [1.165, 1.54) is 22.2 Å². The number of carbonyl (C=O) groups is 1. The number of rotatable bonds is 8. The smallest absolute Gasteiger partial charge is 0.235 e. The number of anilines is 1. The highest BCUT2D eigenvalue weighted by Gasteiger charge is 2.22. The summed E-state index contributed by atoms with van der Waals surface area (Å²) in [6, 6.07) is 10.1. The zero-order valence-corrected chi connectivity index (χ0v) is 19.8. The Bertz CT molecular complexity index is 1140. The molecule has 166 valence electrons. The average molecular weight is 468 g/mol. The Kier molecular flexibility index (Phi) is 7.12. The molecule has 0 unspecified atom stereocenters. The van der Waals surface area contributed by atoms with Crippen molar-refractivity contribution in [3.8, 4) is 11.8 Å². The zero-order chi connectivity index (χ0) is 22.5. The molecule has 0 fully saturated rings. The molecular formula is C23H25N5O2S2. The molecule has 7 nitrogen and oxygen atoms in total. The zero-order valence-electron chi connectivity index (χ0n) is 18.2. The lowest BCUT2D eigenvalue weighted by Gasteiger charge is -2.09. The maximum absolute atomic E-state index is 12.6. The highest BCUT2D eigenvalue weighted by Crippen LogP contribution is 2.37. The number of nitrogens with one attached hydrogen (secondary N) is 1. The minimum absolute atomic E-state index is 0.145. The SMILES string of the molecule is CCn1c(COc2ccc(C)cc2)nnc1SCC(=O)Nc1sc2c(c1C#N)CCCC2. The van der Waals surface area contributed by atoms with Crippen molar-refractivity contribution in [1.82, 2.24) is 14.8 Å². The van der Waals surface area contributed by atoms with Gasteiger partial charge in [0.15, 0.2) is 11.0 Å². The van der Waals surface area contributed by atoms with E-state index in [4.69, 9.17) is 4.74 Å². The van der Waals surface area contributed by atoms with Gasteiger partial charge in [-0.15, -0.1) is 21.5 Å². The first kappa shape index (κ1) is 22.4. The number of thioether (sulfide) groups is 1. The lowest BCUT2D eigenvalue weighted by Crippen LogP contribution is -2.15. The minimum atomic E-state index is -0.145. The van der Waals surface area contributed by atoms with Crippen LogP contribution in [0.1, 0.15) is 47.2 Å². The third kappa shape index (κ3) is 4.97. The number of hydrogen-bond acceptors (Lipinski definition) is 7. The van der Waals surface area contributed by atoms with Crippen molar-refractivity contribution in [2.24, 2.45) is 0 Å². The summed E-state index contributed by atoms with van der Waals surface area (Å²) in [5.41, 5.74) is 2.93. The number of nitrogens with zero attached hydrogens (tertiary/aromatic N) is 4. The first-order chi connectivity index (χ1) is 15.6. The Balaban J connectivity index is 1.36. The van der Waals surface area contributed by atoms with Gasteiger partial charge in [-0.1, -0.05) is 29.5 Å². The molecule has 1 aliphatic carbocycles. The second kappa shape index (κ2) is 10.2. The number of amides is 1. The molecule has 1 N–H and O–H groups in total. The largest absolute Gasteiger partial charge is 0.486 e. The summed E-state index contributed by atoms with van der Waals surface area (Å²) >= 11 is 2.88. The topological polar surface area (TPSA) is 92.8 Å². The van der Waals surface area contributed by atoms with E-state index in [2.05, 4.69) is 21.6 Å². The van der Waals surface area contributed by atoms with E-state index in [0.717, 1.165) is 37.0 Å². The standard InChI is InChI=1S/C23H25N5O2S2/c1-3-28-20(13-30-16-10-8-15(2)9-11-16)26-27-23(28)31-14-21(29)25-22-18(12-24)17-6-4-5-7-19(17)32-22/h8-11H,3-7,13-14H2,1-2H3,(H,25,29). The maximum atomic E-state index is 12.6. The molecule has 9 heteroatoms. The van der Waals surface area contributed by atoms with Crippen LogP contribution in [0.4, 0.5) is 5.00 Å². The summed E-state index contributed by atoms with van der Waals surface area (Å²) in [7, 11) is 0. The second-order valence-electron chi connectivity index (χ2n) is 7.61. The van der Waals surface area contributed by atoms with E-state index in [1.54, 1.807) is 11.3 Å². The summed E-state index contributed by atoms with van der Waals surface area (Å²) in [4.78, 5) is 13.8. The molecule has 1 aliphatic rings. The van der Waals surface area contributed by atoms with E-state index in [0.29, 0.717) is 34.7 Å². The van der Waals surface area contributed by atoms with Crippen molar-refractivity contribution in [2.45, 2.75) is 57.8 Å². The van der Waals surface area contributed by atoms with E-state index < -0.39 is 0 Å². The fraction of sp³-hybridized carbons (Fsp3) is 0.391. The number of nitriles is 1. The number of thiophene rings is 1. The Labute approximate surface area is 195 Å². The van der Waals surface area contributed by atoms with Crippen LogP contribution >= 0.6 is 23.1 Å². The molecule has 0 spiro atoms. The van der Waals surface area contributed by atoms with Crippen LogP contribution in [-0.2, 0) is 30.8 Å². The summed E-state index contributed by atoms with van der Waals surface area (Å²) in [5, 5.41) is 22.4. The highest BCUT2D eigenvalue weighted by molar-refractivity contribution is 7.99. The lowest BCUT2D eigenvalue weighted by molar-refractivity contribution is -0.113. The van der Waals surface area contributed by atoms with Crippen molar-refractivity contribution in [3.63, 3.8) is 0 Å². The van der Waals surface area contributed by atoms with Gasteiger partial charge in [-0.3, -0.25) is 4.79 Å². The predicted octanol–water partition coefficient (Wildman–Crippen LogP) is 4.73. The Morgan fingerprint density at radius 2 is 2.06 bits per heavy atom. The van der Waals surface area contributed by atoms with Crippen molar-refractivity contribution in [3.05, 3.63) is 51.7 Å². The minimum Gasteiger partial charge on any atom is -0.486 e. The van der Waals surface area contributed by atoms with Crippen molar-refractivity contribution < 1.29 is 9.53 Å². The van der Waals surface area contributed by atoms with Gasteiger partial charge in [0.25, 0.3) is 0 Å². The van der Waals surface area contributed by atoms with Gasteiger partial charge in [0.2, 0.25) is 5.91 Å². The summed E-state index contributed by atoms with van der Waals surface area (Å²) in [5.74, 6) is 1.55. The van der Waals surface area contributed by atoms with Gasteiger partial charge in [-0.05, 0) is 57.2 Å². The number of fused-ring (bicyclic) bond motifs is 1. The summed E-state index contributed by atoms with van der Waals surface area (Å²) in [6.45, 7) is 5.03. The third-order valence-electron chi connectivity index (χ3n) is 5.37. The Morgan fingerprint density at radius 3 is 2.81 bits per heavy atom. The fourth-order valence-electron chi connectivity index (χ4n) is 3.70. The van der Waals surface area contributed by atoms with Gasteiger partial charge in [-0.25, -0.2) is 0 Å². The molecular weight excluding hydrogens is 442 g/mol. The van der Waals surface area contributed by atoms with E-state index in [-0.39, 0.29) is 11.7 Å².